The molecule has 1 aliphatic rings. The van der Waals surface area contributed by atoms with Crippen molar-refractivity contribution in [1.29, 1.82) is 0 Å². The molecule has 18 heavy (non-hydrogen) atoms. The van der Waals surface area contributed by atoms with Crippen LogP contribution in [-0.2, 0) is 4.74 Å². The van der Waals surface area contributed by atoms with Crippen LogP contribution in [0.2, 0.25) is 0 Å². The van der Waals surface area contributed by atoms with Crippen molar-refractivity contribution in [3.63, 3.8) is 0 Å². The number of rotatable bonds is 1. The van der Waals surface area contributed by atoms with E-state index in [0.717, 1.165) is 18.6 Å². The molecular weight excluding hydrogens is 224 g/mol. The fourth-order valence-corrected chi connectivity index (χ4v) is 1.42. The first-order valence-corrected chi connectivity index (χ1v) is 6.91. The molecule has 1 heterocycles. The minimum atomic E-state index is -0.0000926. The van der Waals surface area contributed by atoms with Gasteiger partial charge in [0.15, 0.2) is 0 Å². The van der Waals surface area contributed by atoms with E-state index in [4.69, 9.17) is 9.84 Å². The van der Waals surface area contributed by atoms with Gasteiger partial charge in [0.05, 0.1) is 6.61 Å². The monoisotopic (exact) mass is 256 g/mol. The van der Waals surface area contributed by atoms with E-state index in [1.807, 2.05) is 47.6 Å². The van der Waals surface area contributed by atoms with Gasteiger partial charge >= 0.3 is 0 Å². The lowest BCUT2D eigenvalue weighted by atomic mass is 10.0. The summed E-state index contributed by atoms with van der Waals surface area (Å²) in [6.07, 6.45) is 5.97. The van der Waals surface area contributed by atoms with Gasteiger partial charge in [0.25, 0.3) is 0 Å². The van der Waals surface area contributed by atoms with Crippen molar-refractivity contribution in [2.45, 2.75) is 60.5 Å². The smallest absolute Gasteiger partial charge is 0.122 e. The van der Waals surface area contributed by atoms with Gasteiger partial charge in [-0.2, -0.15) is 0 Å². The summed E-state index contributed by atoms with van der Waals surface area (Å²) in [6, 6.07) is 0. The zero-order valence-corrected chi connectivity index (χ0v) is 13.1. The maximum atomic E-state index is 8.89. The molecule has 1 aliphatic heterocycles. The second-order valence-corrected chi connectivity index (χ2v) is 2.93. The maximum absolute atomic E-state index is 8.89. The molecule has 2 heteroatoms. The number of ether oxygens (including phenoxy) is 1. The first-order chi connectivity index (χ1) is 8.81. The first-order valence-electron chi connectivity index (χ1n) is 6.91. The number of hydrogen-bond acceptors (Lipinski definition) is 2. The van der Waals surface area contributed by atoms with Gasteiger partial charge in [-0.3, -0.25) is 0 Å². The molecule has 0 unspecified atom stereocenters. The largest absolute Gasteiger partial charge is 0.488 e. The normalized spacial score (nSPS) is 21.4. The van der Waals surface area contributed by atoms with Gasteiger partial charge in [-0.05, 0) is 38.3 Å². The highest BCUT2D eigenvalue weighted by Gasteiger charge is 2.19. The minimum Gasteiger partial charge on any atom is -0.488 e. The highest BCUT2D eigenvalue weighted by molar-refractivity contribution is 5.26. The minimum absolute atomic E-state index is 0.0000926. The third-order valence-corrected chi connectivity index (χ3v) is 2.16. The molecule has 108 valence electrons. The average molecular weight is 256 g/mol. The number of aliphatic hydroxyl groups is 1. The summed E-state index contributed by atoms with van der Waals surface area (Å²) >= 11 is 0. The highest BCUT2D eigenvalue weighted by Crippen LogP contribution is 2.26. The average Bonchev–Trinajstić information content (AvgIpc) is 2.52. The van der Waals surface area contributed by atoms with Gasteiger partial charge < -0.3 is 9.84 Å². The predicted molar refractivity (Wildman–Crippen MR) is 82.7 cm³/mol. The Hall–Kier alpha value is -1.02. The third kappa shape index (κ3) is 9.06. The molecule has 0 aromatic heterocycles. The van der Waals surface area contributed by atoms with E-state index in [2.05, 4.69) is 19.2 Å². The lowest BCUT2D eigenvalue weighted by molar-refractivity contribution is 0.0429. The van der Waals surface area contributed by atoms with E-state index < -0.39 is 0 Å². The lowest BCUT2D eigenvalue weighted by Gasteiger charge is -2.26. The van der Waals surface area contributed by atoms with Crippen molar-refractivity contribution in [2.75, 3.05) is 6.61 Å². The van der Waals surface area contributed by atoms with Crippen molar-refractivity contribution in [3.8, 4) is 0 Å². The van der Waals surface area contributed by atoms with Gasteiger partial charge in [0, 0.05) is 0 Å². The Balaban J connectivity index is -0.000000328. The summed E-state index contributed by atoms with van der Waals surface area (Å²) in [6.45, 7) is 18.1. The Morgan fingerprint density at radius 3 is 2.00 bits per heavy atom. The molecule has 0 saturated carbocycles. The number of hydrogen-bond donors (Lipinski definition) is 1. The van der Waals surface area contributed by atoms with Crippen LogP contribution >= 0.6 is 0 Å². The van der Waals surface area contributed by atoms with Crippen LogP contribution in [-0.4, -0.2) is 17.8 Å². The summed E-state index contributed by atoms with van der Waals surface area (Å²) in [5.41, 5.74) is 1.25. The van der Waals surface area contributed by atoms with Crippen LogP contribution in [0.4, 0.5) is 0 Å². The van der Waals surface area contributed by atoms with Crippen molar-refractivity contribution in [2.24, 2.45) is 0 Å². The molecule has 2 nitrogen and oxygen atoms in total. The molecule has 1 saturated heterocycles. The summed E-state index contributed by atoms with van der Waals surface area (Å²) in [5.74, 6) is 0.933. The summed E-state index contributed by atoms with van der Waals surface area (Å²) in [5, 5.41) is 8.89. The Morgan fingerprint density at radius 2 is 1.67 bits per heavy atom. The van der Waals surface area contributed by atoms with Gasteiger partial charge in [0.2, 0.25) is 0 Å². The molecule has 1 N–H and O–H groups in total. The van der Waals surface area contributed by atoms with Crippen molar-refractivity contribution >= 4 is 0 Å². The summed E-state index contributed by atoms with van der Waals surface area (Å²) < 4.78 is 5.53. The molecule has 0 aliphatic carbocycles. The van der Waals surface area contributed by atoms with Crippen LogP contribution < -0.4 is 0 Å². The van der Waals surface area contributed by atoms with Gasteiger partial charge in [-0.1, -0.05) is 33.8 Å². The lowest BCUT2D eigenvalue weighted by Crippen LogP contribution is -2.22. The zero-order valence-electron chi connectivity index (χ0n) is 13.1. The molecule has 0 radical (unpaired) electrons. The predicted octanol–water partition coefficient (Wildman–Crippen LogP) is 4.86. The summed E-state index contributed by atoms with van der Waals surface area (Å²) in [4.78, 5) is 0. The van der Waals surface area contributed by atoms with Gasteiger partial charge in [-0.15, -0.1) is 13.2 Å². The Labute approximate surface area is 114 Å². The highest BCUT2D eigenvalue weighted by atomic mass is 16.5. The standard InChI is InChI=1S/C10H16O2.2C2H6.C2H4/c1-3-8-5-6-9(7-11)12-10(8)4-2;3*1-2/h3-4,9,11H,5-7H2,1-2H3;2*1-2H3;1-2H2/b8-3-,10-4+;;;/t9-;;;/m1.../s1. The van der Waals surface area contributed by atoms with E-state index in [0.29, 0.717) is 0 Å². The van der Waals surface area contributed by atoms with Crippen LogP contribution in [0.3, 0.4) is 0 Å². The quantitative estimate of drug-likeness (QED) is 0.679. The Bertz CT molecular complexity index is 217. The van der Waals surface area contributed by atoms with Crippen LogP contribution in [0.5, 0.6) is 0 Å². The fraction of sp³-hybridized carbons (Fsp3) is 0.625. The van der Waals surface area contributed by atoms with E-state index in [1.165, 1.54) is 5.57 Å². The number of aliphatic hydroxyl groups excluding tert-OH is 1. The first kappa shape index (κ1) is 22.2. The molecule has 0 bridgehead atoms. The second kappa shape index (κ2) is 18.3. The van der Waals surface area contributed by atoms with E-state index in [9.17, 15) is 0 Å². The van der Waals surface area contributed by atoms with Gasteiger partial charge in [-0.25, -0.2) is 0 Å². The van der Waals surface area contributed by atoms with E-state index in [-0.39, 0.29) is 12.7 Å². The van der Waals surface area contributed by atoms with Crippen molar-refractivity contribution in [3.05, 3.63) is 36.6 Å². The molecule has 1 atom stereocenters. The Morgan fingerprint density at radius 1 is 1.17 bits per heavy atom. The molecule has 0 aromatic rings. The fourth-order valence-electron chi connectivity index (χ4n) is 1.42. The molecular formula is C16H32O2. The molecule has 1 rings (SSSR count). The second-order valence-electron chi connectivity index (χ2n) is 2.93. The van der Waals surface area contributed by atoms with Crippen LogP contribution in [0, 0.1) is 0 Å². The SMILES string of the molecule is C/C=C1/CC[C@H](CO)O/C1=C/C.C=C.CC.CC. The van der Waals surface area contributed by atoms with Crippen molar-refractivity contribution < 1.29 is 9.84 Å². The summed E-state index contributed by atoms with van der Waals surface area (Å²) in [7, 11) is 0. The molecule has 1 fully saturated rings. The molecule has 0 aromatic carbocycles. The van der Waals surface area contributed by atoms with Crippen LogP contribution in [0.1, 0.15) is 54.4 Å². The maximum Gasteiger partial charge on any atom is 0.122 e. The topological polar surface area (TPSA) is 29.5 Å². The number of allylic oxidation sites excluding steroid dienone is 3. The van der Waals surface area contributed by atoms with E-state index in [1.54, 1.807) is 0 Å². The van der Waals surface area contributed by atoms with Crippen LogP contribution in [0.25, 0.3) is 0 Å². The molecule has 0 spiro atoms. The van der Waals surface area contributed by atoms with Crippen LogP contribution in [0.15, 0.2) is 36.6 Å². The van der Waals surface area contributed by atoms with E-state index >= 15 is 0 Å². The van der Waals surface area contributed by atoms with Gasteiger partial charge in [0.1, 0.15) is 11.9 Å². The Kier molecular flexibility index (Phi) is 22.6. The third-order valence-electron chi connectivity index (χ3n) is 2.16. The zero-order chi connectivity index (χ0) is 15.0. The molecule has 0 amide bonds. The van der Waals surface area contributed by atoms with Crippen molar-refractivity contribution in [1.82, 2.24) is 0 Å².